The van der Waals surface area contributed by atoms with Gasteiger partial charge in [-0.3, -0.25) is 9.59 Å². The molecule has 0 spiro atoms. The zero-order chi connectivity index (χ0) is 21.5. The Morgan fingerprint density at radius 2 is 2.07 bits per heavy atom. The van der Waals surface area contributed by atoms with Crippen LogP contribution in [-0.2, 0) is 14.3 Å². The first kappa shape index (κ1) is 22.9. The number of nitrogens with one attached hydrogen (secondary N) is 1. The van der Waals surface area contributed by atoms with E-state index in [1.54, 1.807) is 6.07 Å². The number of unbranched alkanes of at least 4 members (excludes halogenated alkanes) is 1. The third-order valence-electron chi connectivity index (χ3n) is 6.09. The molecule has 1 heterocycles. The molecule has 1 aliphatic carbocycles. The molecule has 2 aliphatic rings. The normalized spacial score (nSPS) is 25.0. The van der Waals surface area contributed by atoms with E-state index in [1.807, 2.05) is 4.90 Å². The van der Waals surface area contributed by atoms with Crippen molar-refractivity contribution in [2.75, 3.05) is 18.5 Å². The topological polar surface area (TPSA) is 58.6 Å². The maximum atomic E-state index is 13.7. The first-order valence-electron chi connectivity index (χ1n) is 11.2. The van der Waals surface area contributed by atoms with Gasteiger partial charge < -0.3 is 15.0 Å². The smallest absolute Gasteiger partial charge is 0.309 e. The Bertz CT molecular complexity index is 725. The molecule has 3 unspecified atom stereocenters. The van der Waals surface area contributed by atoms with Gasteiger partial charge >= 0.3 is 5.97 Å². The third kappa shape index (κ3) is 6.10. The van der Waals surface area contributed by atoms with E-state index in [9.17, 15) is 14.0 Å². The fourth-order valence-corrected chi connectivity index (χ4v) is 4.72. The van der Waals surface area contributed by atoms with Gasteiger partial charge in [-0.15, -0.1) is 0 Å². The Labute approximate surface area is 183 Å². The zero-order valence-corrected chi connectivity index (χ0v) is 18.4. The van der Waals surface area contributed by atoms with Crippen LogP contribution in [0.4, 0.5) is 10.1 Å². The number of halogens is 2. The second kappa shape index (κ2) is 11.0. The third-order valence-corrected chi connectivity index (χ3v) is 6.31. The summed E-state index contributed by atoms with van der Waals surface area (Å²) >= 11 is 5.96. The first-order chi connectivity index (χ1) is 14.5. The van der Waals surface area contributed by atoms with Gasteiger partial charge in [0, 0.05) is 23.3 Å². The Hall–Kier alpha value is -1.82. The number of esters is 1. The van der Waals surface area contributed by atoms with Crippen molar-refractivity contribution in [1.82, 2.24) is 4.90 Å². The second-order valence-electron chi connectivity index (χ2n) is 8.42. The number of ether oxygens (including phenoxy) is 1. The summed E-state index contributed by atoms with van der Waals surface area (Å²) in [5, 5.41) is 3.48. The van der Waals surface area contributed by atoms with Crippen molar-refractivity contribution in [2.45, 2.75) is 76.8 Å². The van der Waals surface area contributed by atoms with Crippen LogP contribution < -0.4 is 5.32 Å². The van der Waals surface area contributed by atoms with E-state index in [2.05, 4.69) is 12.2 Å². The number of hydrogen-bond acceptors (Lipinski definition) is 4. The summed E-state index contributed by atoms with van der Waals surface area (Å²) in [6.45, 7) is 3.24. The molecule has 1 saturated heterocycles. The first-order valence-corrected chi connectivity index (χ1v) is 11.6. The van der Waals surface area contributed by atoms with Gasteiger partial charge in [-0.25, -0.2) is 4.39 Å². The molecule has 1 aromatic rings. The molecule has 0 bridgehead atoms. The van der Waals surface area contributed by atoms with Crippen molar-refractivity contribution in [3.63, 3.8) is 0 Å². The number of rotatable bonds is 7. The number of likely N-dealkylation sites (tertiary alicyclic amines) is 1. The summed E-state index contributed by atoms with van der Waals surface area (Å²) in [6, 6.07) is 3.87. The number of hydrogen-bond donors (Lipinski definition) is 1. The van der Waals surface area contributed by atoms with Crippen molar-refractivity contribution in [2.24, 2.45) is 5.92 Å². The van der Waals surface area contributed by atoms with Gasteiger partial charge in [0.1, 0.15) is 11.9 Å². The molecule has 2 fully saturated rings. The molecule has 1 amide bonds. The van der Waals surface area contributed by atoms with Crippen LogP contribution in [0.5, 0.6) is 0 Å². The van der Waals surface area contributed by atoms with Gasteiger partial charge in [0.15, 0.2) is 0 Å². The van der Waals surface area contributed by atoms with Gasteiger partial charge in [-0.1, -0.05) is 31.4 Å². The van der Waals surface area contributed by atoms with Crippen LogP contribution in [0.15, 0.2) is 18.2 Å². The molecule has 166 valence electrons. The average molecular weight is 439 g/mol. The number of carbonyl (C=O) groups is 2. The van der Waals surface area contributed by atoms with Crippen molar-refractivity contribution in [3.8, 4) is 0 Å². The molecular weight excluding hydrogens is 407 g/mol. The highest BCUT2D eigenvalue weighted by atomic mass is 35.5. The molecule has 1 aromatic carbocycles. The molecule has 1 N–H and O–H groups in total. The lowest BCUT2D eigenvalue weighted by Crippen LogP contribution is -2.49. The molecule has 0 aromatic heterocycles. The fraction of sp³-hybridized carbons (Fsp3) is 0.652. The molecular formula is C23H32ClFN2O3. The predicted molar refractivity (Wildman–Crippen MR) is 116 cm³/mol. The molecule has 3 rings (SSSR count). The SMILES string of the molecule is CCCCOC(=O)C1CCCC(N2CCCCC(Nc3cc(F)cc(Cl)c3)C2=O)C1. The van der Waals surface area contributed by atoms with Crippen molar-refractivity contribution < 1.29 is 18.7 Å². The molecule has 5 nitrogen and oxygen atoms in total. The Balaban J connectivity index is 1.65. The molecule has 7 heteroatoms. The van der Waals surface area contributed by atoms with Crippen molar-refractivity contribution in [3.05, 3.63) is 29.0 Å². The van der Waals surface area contributed by atoms with Crippen LogP contribution >= 0.6 is 11.6 Å². The number of carbonyl (C=O) groups excluding carboxylic acids is 2. The van der Waals surface area contributed by atoms with Crippen LogP contribution in [0.3, 0.4) is 0 Å². The number of benzene rings is 1. The zero-order valence-electron chi connectivity index (χ0n) is 17.7. The van der Waals surface area contributed by atoms with E-state index in [4.69, 9.17) is 16.3 Å². The predicted octanol–water partition coefficient (Wildman–Crippen LogP) is 5.17. The maximum absolute atomic E-state index is 13.7. The van der Waals surface area contributed by atoms with Gasteiger partial charge in [0.05, 0.1) is 12.5 Å². The van der Waals surface area contributed by atoms with Crippen LogP contribution in [0.2, 0.25) is 5.02 Å². The van der Waals surface area contributed by atoms with E-state index in [-0.39, 0.29) is 23.8 Å². The summed E-state index contributed by atoms with van der Waals surface area (Å²) in [7, 11) is 0. The lowest BCUT2D eigenvalue weighted by atomic mass is 9.84. The number of nitrogens with zero attached hydrogens (tertiary/aromatic N) is 1. The fourth-order valence-electron chi connectivity index (χ4n) is 4.50. The van der Waals surface area contributed by atoms with Crippen LogP contribution in [0, 0.1) is 11.7 Å². The van der Waals surface area contributed by atoms with Gasteiger partial charge in [-0.05, 0) is 63.1 Å². The monoisotopic (exact) mass is 438 g/mol. The van der Waals surface area contributed by atoms with Crippen LogP contribution in [-0.4, -0.2) is 42.0 Å². The van der Waals surface area contributed by atoms with Crippen LogP contribution in [0.1, 0.15) is 64.7 Å². The summed E-state index contributed by atoms with van der Waals surface area (Å²) < 4.78 is 19.1. The molecule has 3 atom stereocenters. The van der Waals surface area contributed by atoms with Gasteiger partial charge in [0.25, 0.3) is 0 Å². The number of anilines is 1. The largest absolute Gasteiger partial charge is 0.465 e. The maximum Gasteiger partial charge on any atom is 0.309 e. The Kier molecular flexibility index (Phi) is 8.37. The lowest BCUT2D eigenvalue weighted by molar-refractivity contribution is -0.151. The van der Waals surface area contributed by atoms with Crippen LogP contribution in [0.25, 0.3) is 0 Å². The van der Waals surface area contributed by atoms with Gasteiger partial charge in [0.2, 0.25) is 5.91 Å². The quantitative estimate of drug-likeness (QED) is 0.471. The highest BCUT2D eigenvalue weighted by Crippen LogP contribution is 2.31. The average Bonchev–Trinajstić information content (AvgIpc) is 2.89. The minimum atomic E-state index is -0.431. The lowest BCUT2D eigenvalue weighted by Gasteiger charge is -2.37. The summed E-state index contributed by atoms with van der Waals surface area (Å²) in [5.41, 5.74) is 0.515. The molecule has 30 heavy (non-hydrogen) atoms. The molecule has 0 radical (unpaired) electrons. The van der Waals surface area contributed by atoms with E-state index in [0.717, 1.165) is 44.9 Å². The minimum absolute atomic E-state index is 0.0258. The summed E-state index contributed by atoms with van der Waals surface area (Å²) in [6.07, 6.45) is 7.72. The Morgan fingerprint density at radius 3 is 2.83 bits per heavy atom. The Morgan fingerprint density at radius 1 is 1.23 bits per heavy atom. The minimum Gasteiger partial charge on any atom is -0.465 e. The van der Waals surface area contributed by atoms with E-state index in [0.29, 0.717) is 36.7 Å². The van der Waals surface area contributed by atoms with Gasteiger partial charge in [-0.2, -0.15) is 0 Å². The molecule has 1 saturated carbocycles. The summed E-state index contributed by atoms with van der Waals surface area (Å²) in [4.78, 5) is 27.7. The molecule has 1 aliphatic heterocycles. The summed E-state index contributed by atoms with van der Waals surface area (Å²) in [5.74, 6) is -0.665. The number of amides is 1. The van der Waals surface area contributed by atoms with Crippen molar-refractivity contribution in [1.29, 1.82) is 0 Å². The van der Waals surface area contributed by atoms with E-state index < -0.39 is 11.9 Å². The highest BCUT2D eigenvalue weighted by molar-refractivity contribution is 6.30. The highest BCUT2D eigenvalue weighted by Gasteiger charge is 2.36. The van der Waals surface area contributed by atoms with E-state index in [1.165, 1.54) is 12.1 Å². The second-order valence-corrected chi connectivity index (χ2v) is 8.86. The standard InChI is InChI=1S/C23H32ClFN2O3/c1-2-3-11-30-23(29)16-7-6-8-20(12-16)27-10-5-4-9-21(22(27)28)26-19-14-17(24)13-18(25)15-19/h13-16,20-21,26H,2-12H2,1H3. The van der Waals surface area contributed by atoms with Crippen molar-refractivity contribution >= 4 is 29.2 Å². The van der Waals surface area contributed by atoms with E-state index >= 15 is 0 Å².